The van der Waals surface area contributed by atoms with Gasteiger partial charge in [0.05, 0.1) is 13.5 Å². The molecule has 12 nitrogen and oxygen atoms in total. The molecular formula is C27H31N3O9. The molecule has 3 rings (SSSR count). The summed E-state index contributed by atoms with van der Waals surface area (Å²) in [5.74, 6) is -3.33. The van der Waals surface area contributed by atoms with Crippen molar-refractivity contribution in [1.29, 1.82) is 0 Å². The molecule has 1 aliphatic rings. The average molecular weight is 542 g/mol. The number of aryl methyl sites for hydroxylation is 1. The summed E-state index contributed by atoms with van der Waals surface area (Å²) in [6.07, 6.45) is -1.35. The third kappa shape index (κ3) is 7.94. The molecule has 1 fully saturated rings. The van der Waals surface area contributed by atoms with Crippen LogP contribution >= 0.6 is 0 Å². The quantitative estimate of drug-likeness (QED) is 0.375. The first-order valence-corrected chi connectivity index (χ1v) is 12.2. The minimum Gasteiger partial charge on any atom is -0.508 e. The van der Waals surface area contributed by atoms with E-state index in [0.29, 0.717) is 11.1 Å². The molecular weight excluding hydrogens is 510 g/mol. The van der Waals surface area contributed by atoms with E-state index in [-0.39, 0.29) is 31.9 Å². The molecule has 0 saturated carbocycles. The van der Waals surface area contributed by atoms with Crippen LogP contribution in [0.15, 0.2) is 48.5 Å². The van der Waals surface area contributed by atoms with E-state index >= 15 is 0 Å². The number of phenols is 1. The topological polar surface area (TPSA) is 163 Å². The number of carbonyl (C=O) groups excluding carboxylic acids is 4. The summed E-state index contributed by atoms with van der Waals surface area (Å²) in [5, 5.41) is 21.5. The van der Waals surface area contributed by atoms with Crippen LogP contribution in [0.5, 0.6) is 5.75 Å². The van der Waals surface area contributed by atoms with E-state index in [4.69, 9.17) is 9.84 Å². The molecule has 2 aromatic carbocycles. The zero-order valence-electron chi connectivity index (χ0n) is 21.7. The van der Waals surface area contributed by atoms with Crippen LogP contribution < -0.4 is 5.32 Å². The molecule has 0 aliphatic carbocycles. The second-order valence-electron chi connectivity index (χ2n) is 9.05. The van der Waals surface area contributed by atoms with Gasteiger partial charge in [-0.05, 0) is 35.7 Å². The molecule has 0 aromatic heterocycles. The molecule has 0 spiro atoms. The normalized spacial score (nSPS) is 15.8. The smallest absolute Gasteiger partial charge is 0.408 e. The summed E-state index contributed by atoms with van der Waals surface area (Å²) in [4.78, 5) is 65.2. The number of phenolic OH excluding ortho intramolecular Hbond substituents is 1. The summed E-state index contributed by atoms with van der Waals surface area (Å²) < 4.78 is 9.99. The Morgan fingerprint density at radius 1 is 1.10 bits per heavy atom. The van der Waals surface area contributed by atoms with E-state index in [1.807, 2.05) is 6.07 Å². The van der Waals surface area contributed by atoms with Crippen LogP contribution in [0.4, 0.5) is 4.79 Å². The lowest BCUT2D eigenvalue weighted by molar-refractivity contribution is -0.159. The standard InChI is InChI=1S/C27H31N3O9/c1-17-12-20(31)9-8-19(17)13-21(28-27(37)39-16-18-6-4-3-5-7-18)25(35)30-11-10-29(15-23(32)33)26(36)22(30)14-24(34)38-2/h3-9,12,21-22,31H,10-11,13-16H2,1-2H3,(H,28,37)(H,32,33)/t21-,22?/m0/s1. The van der Waals surface area contributed by atoms with E-state index in [2.05, 4.69) is 10.1 Å². The van der Waals surface area contributed by atoms with Crippen LogP contribution in [0.1, 0.15) is 23.1 Å². The molecule has 2 aromatic rings. The Hall–Kier alpha value is -4.61. The lowest BCUT2D eigenvalue weighted by Gasteiger charge is -2.41. The number of nitrogens with zero attached hydrogens (tertiary/aromatic N) is 2. The summed E-state index contributed by atoms with van der Waals surface area (Å²) in [6.45, 7) is 0.976. The van der Waals surface area contributed by atoms with Gasteiger partial charge in [0.25, 0.3) is 0 Å². The van der Waals surface area contributed by atoms with Crippen LogP contribution in [-0.4, -0.2) is 88.7 Å². The van der Waals surface area contributed by atoms with Gasteiger partial charge in [-0.1, -0.05) is 36.4 Å². The Bertz CT molecular complexity index is 1220. The number of methoxy groups -OCH3 is 1. The van der Waals surface area contributed by atoms with Gasteiger partial charge in [0.15, 0.2) is 0 Å². The molecule has 1 heterocycles. The van der Waals surface area contributed by atoms with Crippen molar-refractivity contribution < 1.29 is 43.7 Å². The fraction of sp³-hybridized carbons (Fsp3) is 0.370. The number of esters is 1. The number of hydrogen-bond donors (Lipinski definition) is 3. The van der Waals surface area contributed by atoms with Crippen LogP contribution in [0.2, 0.25) is 0 Å². The number of benzene rings is 2. The zero-order valence-corrected chi connectivity index (χ0v) is 21.7. The number of piperazine rings is 1. The number of carboxylic acid groups (broad SMARTS) is 1. The Morgan fingerprint density at radius 3 is 2.46 bits per heavy atom. The van der Waals surface area contributed by atoms with Gasteiger partial charge in [0, 0.05) is 19.5 Å². The van der Waals surface area contributed by atoms with Crippen LogP contribution in [0, 0.1) is 6.92 Å². The summed E-state index contributed by atoms with van der Waals surface area (Å²) >= 11 is 0. The fourth-order valence-corrected chi connectivity index (χ4v) is 4.30. The van der Waals surface area contributed by atoms with Crippen LogP contribution in [0.25, 0.3) is 0 Å². The molecule has 0 radical (unpaired) electrons. The van der Waals surface area contributed by atoms with E-state index in [1.165, 1.54) is 12.1 Å². The van der Waals surface area contributed by atoms with Gasteiger partial charge in [-0.3, -0.25) is 19.2 Å². The van der Waals surface area contributed by atoms with Gasteiger partial charge in [-0.2, -0.15) is 0 Å². The first-order valence-electron chi connectivity index (χ1n) is 12.2. The third-order valence-electron chi connectivity index (χ3n) is 6.33. The van der Waals surface area contributed by atoms with Crippen molar-refractivity contribution in [2.75, 3.05) is 26.7 Å². The third-order valence-corrected chi connectivity index (χ3v) is 6.33. The Kier molecular flexibility index (Phi) is 9.85. The summed E-state index contributed by atoms with van der Waals surface area (Å²) in [5.41, 5.74) is 2.05. The number of carboxylic acids is 1. The zero-order chi connectivity index (χ0) is 28.5. The van der Waals surface area contributed by atoms with Crippen molar-refractivity contribution >= 4 is 29.8 Å². The van der Waals surface area contributed by atoms with E-state index in [1.54, 1.807) is 37.3 Å². The number of nitrogens with one attached hydrogen (secondary N) is 1. The van der Waals surface area contributed by atoms with Crippen LogP contribution in [0.3, 0.4) is 0 Å². The van der Waals surface area contributed by atoms with Gasteiger partial charge in [0.2, 0.25) is 11.8 Å². The second-order valence-corrected chi connectivity index (χ2v) is 9.05. The minimum absolute atomic E-state index is 0.000140. The van der Waals surface area contributed by atoms with Crippen molar-refractivity contribution in [2.24, 2.45) is 0 Å². The molecule has 1 unspecified atom stereocenters. The highest BCUT2D eigenvalue weighted by Gasteiger charge is 2.42. The molecule has 208 valence electrons. The number of alkyl carbamates (subject to hydrolysis) is 1. The first kappa shape index (κ1) is 29.0. The number of hydrogen-bond acceptors (Lipinski definition) is 8. The average Bonchev–Trinajstić information content (AvgIpc) is 2.90. The Morgan fingerprint density at radius 2 is 1.82 bits per heavy atom. The highest BCUT2D eigenvalue weighted by Crippen LogP contribution is 2.21. The SMILES string of the molecule is COC(=O)CC1C(=O)N(CC(=O)O)CCN1C(=O)[C@H](Cc1ccc(O)cc1C)NC(=O)OCc1ccccc1. The Labute approximate surface area is 225 Å². The van der Waals surface area contributed by atoms with Crippen LogP contribution in [-0.2, 0) is 41.7 Å². The molecule has 2 atom stereocenters. The summed E-state index contributed by atoms with van der Waals surface area (Å²) in [6, 6.07) is 11.0. The monoisotopic (exact) mass is 541 g/mol. The molecule has 1 saturated heterocycles. The van der Waals surface area contributed by atoms with Gasteiger partial charge in [0.1, 0.15) is 31.0 Å². The largest absolute Gasteiger partial charge is 0.508 e. The highest BCUT2D eigenvalue weighted by molar-refractivity contribution is 5.95. The van der Waals surface area contributed by atoms with Gasteiger partial charge in [-0.25, -0.2) is 4.79 Å². The lowest BCUT2D eigenvalue weighted by atomic mass is 9.98. The lowest BCUT2D eigenvalue weighted by Crippen LogP contribution is -2.63. The Balaban J connectivity index is 1.86. The minimum atomic E-state index is -1.32. The number of aliphatic carboxylic acids is 1. The van der Waals surface area contributed by atoms with Crippen molar-refractivity contribution in [3.63, 3.8) is 0 Å². The van der Waals surface area contributed by atoms with E-state index < -0.39 is 54.9 Å². The van der Waals surface area contributed by atoms with Gasteiger partial charge >= 0.3 is 18.0 Å². The van der Waals surface area contributed by atoms with E-state index in [0.717, 1.165) is 22.5 Å². The van der Waals surface area contributed by atoms with Crippen molar-refractivity contribution in [1.82, 2.24) is 15.1 Å². The number of aromatic hydroxyl groups is 1. The number of carbonyl (C=O) groups is 5. The van der Waals surface area contributed by atoms with Gasteiger partial charge < -0.3 is 34.8 Å². The molecule has 39 heavy (non-hydrogen) atoms. The van der Waals surface area contributed by atoms with Gasteiger partial charge in [-0.15, -0.1) is 0 Å². The number of ether oxygens (including phenoxy) is 2. The summed E-state index contributed by atoms with van der Waals surface area (Å²) in [7, 11) is 1.14. The fourth-order valence-electron chi connectivity index (χ4n) is 4.30. The van der Waals surface area contributed by atoms with Crippen molar-refractivity contribution in [3.8, 4) is 5.75 Å². The van der Waals surface area contributed by atoms with Crippen molar-refractivity contribution in [2.45, 2.75) is 38.5 Å². The molecule has 12 heteroatoms. The maximum absolute atomic E-state index is 13.8. The number of amides is 3. The highest BCUT2D eigenvalue weighted by atomic mass is 16.5. The maximum atomic E-state index is 13.8. The molecule has 3 N–H and O–H groups in total. The van der Waals surface area contributed by atoms with Crippen molar-refractivity contribution in [3.05, 3.63) is 65.2 Å². The first-order chi connectivity index (χ1) is 18.6. The number of rotatable bonds is 10. The maximum Gasteiger partial charge on any atom is 0.408 e. The molecule has 1 aliphatic heterocycles. The molecule has 3 amide bonds. The predicted octanol–water partition coefficient (Wildman–Crippen LogP) is 1.23. The van der Waals surface area contributed by atoms with E-state index in [9.17, 15) is 29.1 Å². The second kappa shape index (κ2) is 13.3. The predicted molar refractivity (Wildman–Crippen MR) is 136 cm³/mol. The molecule has 0 bridgehead atoms.